The van der Waals surface area contributed by atoms with Gasteiger partial charge in [0, 0.05) is 29.9 Å². The first kappa shape index (κ1) is 25.7. The molecule has 0 fully saturated rings. The molecule has 32 heavy (non-hydrogen) atoms. The van der Waals surface area contributed by atoms with Crippen LogP contribution in [0, 0.1) is 23.3 Å². The second-order valence-corrected chi connectivity index (χ2v) is 8.87. The van der Waals surface area contributed by atoms with Gasteiger partial charge in [0.1, 0.15) is 10.7 Å². The van der Waals surface area contributed by atoms with Crippen molar-refractivity contribution in [3.05, 3.63) is 59.2 Å². The summed E-state index contributed by atoms with van der Waals surface area (Å²) in [6, 6.07) is 3.44. The Morgan fingerprint density at radius 3 is 2.22 bits per heavy atom. The number of carbonyl (C=O) groups excluding carboxylic acids is 1. The first-order chi connectivity index (χ1) is 14.9. The van der Waals surface area contributed by atoms with Gasteiger partial charge in [0.25, 0.3) is 5.91 Å². The molecule has 0 saturated heterocycles. The monoisotopic (exact) mass is 478 g/mol. The third kappa shape index (κ3) is 6.25. The summed E-state index contributed by atoms with van der Waals surface area (Å²) < 4.78 is 80.9. The first-order valence-electron chi connectivity index (χ1n) is 9.51. The highest BCUT2D eigenvalue weighted by molar-refractivity contribution is 7.89. The first-order valence-corrected chi connectivity index (χ1v) is 11.0. The van der Waals surface area contributed by atoms with Crippen molar-refractivity contribution in [2.45, 2.75) is 36.7 Å². The zero-order valence-corrected chi connectivity index (χ0v) is 17.8. The van der Waals surface area contributed by atoms with E-state index in [-0.39, 0.29) is 24.9 Å². The Balaban J connectivity index is 2.19. The van der Waals surface area contributed by atoms with E-state index in [1.165, 1.54) is 0 Å². The molecule has 1 atom stereocenters. The Morgan fingerprint density at radius 2 is 1.66 bits per heavy atom. The van der Waals surface area contributed by atoms with Gasteiger partial charge in [-0.25, -0.2) is 30.7 Å². The van der Waals surface area contributed by atoms with E-state index >= 15 is 0 Å². The van der Waals surface area contributed by atoms with Crippen molar-refractivity contribution < 1.29 is 41.0 Å². The van der Waals surface area contributed by atoms with E-state index in [2.05, 4.69) is 10.0 Å². The van der Waals surface area contributed by atoms with Gasteiger partial charge >= 0.3 is 0 Å². The number of carbonyl (C=O) groups is 1. The van der Waals surface area contributed by atoms with Crippen LogP contribution in [0.1, 0.15) is 36.5 Å². The van der Waals surface area contributed by atoms with Gasteiger partial charge in [0.05, 0.1) is 12.2 Å². The Kier molecular flexibility index (Phi) is 8.35. The zero-order chi connectivity index (χ0) is 24.1. The molecule has 1 amide bonds. The van der Waals surface area contributed by atoms with Crippen molar-refractivity contribution in [2.24, 2.45) is 0 Å². The zero-order valence-electron chi connectivity index (χ0n) is 17.0. The largest absolute Gasteiger partial charge is 0.393 e. The highest BCUT2D eigenvalue weighted by atomic mass is 32.2. The number of sulfonamides is 1. The van der Waals surface area contributed by atoms with Crippen molar-refractivity contribution in [1.82, 2.24) is 4.72 Å². The average molecular weight is 478 g/mol. The van der Waals surface area contributed by atoms with E-state index in [9.17, 15) is 41.0 Å². The van der Waals surface area contributed by atoms with Crippen LogP contribution in [0.3, 0.4) is 0 Å². The van der Waals surface area contributed by atoms with Gasteiger partial charge < -0.3 is 15.5 Å². The van der Waals surface area contributed by atoms with Crippen LogP contribution in [-0.2, 0) is 10.0 Å². The number of rotatable bonds is 10. The fourth-order valence-electron chi connectivity index (χ4n) is 2.93. The van der Waals surface area contributed by atoms with E-state index in [1.54, 1.807) is 6.92 Å². The van der Waals surface area contributed by atoms with Gasteiger partial charge in [-0.2, -0.15) is 0 Å². The van der Waals surface area contributed by atoms with Crippen molar-refractivity contribution >= 4 is 21.6 Å². The fourth-order valence-corrected chi connectivity index (χ4v) is 4.06. The second kappa shape index (κ2) is 10.4. The number of benzene rings is 2. The quantitative estimate of drug-likeness (QED) is 0.310. The van der Waals surface area contributed by atoms with E-state index in [0.717, 1.165) is 12.1 Å². The molecule has 0 aliphatic heterocycles. The molecule has 0 aliphatic carbocycles. The van der Waals surface area contributed by atoms with Crippen LogP contribution >= 0.6 is 0 Å². The third-order valence-corrected chi connectivity index (χ3v) is 6.09. The normalized spacial score (nSPS) is 13.6. The lowest BCUT2D eigenvalue weighted by atomic mass is 9.95. The number of aliphatic hydroxyl groups excluding tert-OH is 1. The van der Waals surface area contributed by atoms with Crippen molar-refractivity contribution in [3.8, 4) is 0 Å². The molecule has 176 valence electrons. The summed E-state index contributed by atoms with van der Waals surface area (Å²) in [4.78, 5) is 11.4. The minimum absolute atomic E-state index is 0.139. The molecule has 0 saturated carbocycles. The van der Waals surface area contributed by atoms with Gasteiger partial charge in [-0.05, 0) is 31.0 Å². The number of amides is 1. The summed E-state index contributed by atoms with van der Waals surface area (Å²) >= 11 is 0. The lowest BCUT2D eigenvalue weighted by molar-refractivity contribution is -0.0270. The van der Waals surface area contributed by atoms with Crippen LogP contribution < -0.4 is 10.0 Å². The van der Waals surface area contributed by atoms with Crippen LogP contribution in [0.5, 0.6) is 0 Å². The highest BCUT2D eigenvalue weighted by Gasteiger charge is 2.27. The standard InChI is InChI=1S/C20H22F4N2O5S/c1-2-5-20(29,11-27)6-7-25-32(30,31)17-8-12(3-4-14(17)21)19(28)26-13-9-15(22)18(24)16(23)10-13/h3-4,8-10,25,27,29H,2,5-7,11H2,1H3,(H,26,28). The van der Waals surface area contributed by atoms with Gasteiger partial charge in [-0.3, -0.25) is 4.79 Å². The summed E-state index contributed by atoms with van der Waals surface area (Å²) in [5.41, 5.74) is -2.29. The molecule has 0 heterocycles. The predicted molar refractivity (Wildman–Crippen MR) is 107 cm³/mol. The van der Waals surface area contributed by atoms with Crippen molar-refractivity contribution in [3.63, 3.8) is 0 Å². The summed E-state index contributed by atoms with van der Waals surface area (Å²) in [5.74, 6) is -7.00. The molecule has 0 bridgehead atoms. The maximum absolute atomic E-state index is 14.2. The minimum atomic E-state index is -4.45. The highest BCUT2D eigenvalue weighted by Crippen LogP contribution is 2.21. The number of halogens is 4. The molecule has 4 N–H and O–H groups in total. The molecule has 0 aromatic heterocycles. The molecule has 1 unspecified atom stereocenters. The third-order valence-electron chi connectivity index (χ3n) is 4.62. The van der Waals surface area contributed by atoms with Crippen LogP contribution in [0.4, 0.5) is 23.2 Å². The predicted octanol–water partition coefficient (Wildman–Crippen LogP) is 2.69. The maximum Gasteiger partial charge on any atom is 0.255 e. The molecular weight excluding hydrogens is 456 g/mol. The van der Waals surface area contributed by atoms with Crippen molar-refractivity contribution in [1.29, 1.82) is 0 Å². The van der Waals surface area contributed by atoms with Crippen LogP contribution in [0.15, 0.2) is 35.2 Å². The minimum Gasteiger partial charge on any atom is -0.393 e. The second-order valence-electron chi connectivity index (χ2n) is 7.13. The number of aliphatic hydroxyl groups is 2. The Labute approximate surface area is 182 Å². The summed E-state index contributed by atoms with van der Waals surface area (Å²) in [7, 11) is -4.45. The molecule has 2 aromatic rings. The summed E-state index contributed by atoms with van der Waals surface area (Å²) in [5, 5.41) is 21.5. The Bertz CT molecular complexity index is 1070. The SMILES string of the molecule is CCCC(O)(CO)CCNS(=O)(=O)c1cc(C(=O)Nc2cc(F)c(F)c(F)c2)ccc1F. The van der Waals surface area contributed by atoms with Gasteiger partial charge in [0.15, 0.2) is 17.5 Å². The average Bonchev–Trinajstić information content (AvgIpc) is 2.72. The molecule has 0 aliphatic rings. The maximum atomic E-state index is 14.2. The topological polar surface area (TPSA) is 116 Å². The molecule has 0 radical (unpaired) electrons. The van der Waals surface area contributed by atoms with E-state index in [4.69, 9.17) is 0 Å². The number of anilines is 1. The van der Waals surface area contributed by atoms with Gasteiger partial charge in [0.2, 0.25) is 10.0 Å². The number of hydrogen-bond acceptors (Lipinski definition) is 5. The fraction of sp³-hybridized carbons (Fsp3) is 0.350. The van der Waals surface area contributed by atoms with Crippen molar-refractivity contribution in [2.75, 3.05) is 18.5 Å². The Morgan fingerprint density at radius 1 is 1.03 bits per heavy atom. The van der Waals surface area contributed by atoms with Gasteiger partial charge in [-0.1, -0.05) is 13.3 Å². The van der Waals surface area contributed by atoms with Crippen LogP contribution in [-0.4, -0.2) is 43.3 Å². The summed E-state index contributed by atoms with van der Waals surface area (Å²) in [6.07, 6.45) is 0.622. The van der Waals surface area contributed by atoms with E-state index in [1.807, 2.05) is 0 Å². The molecule has 0 spiro atoms. The Hall–Kier alpha value is -2.54. The van der Waals surface area contributed by atoms with E-state index in [0.29, 0.717) is 24.6 Å². The van der Waals surface area contributed by atoms with Crippen LogP contribution in [0.25, 0.3) is 0 Å². The van der Waals surface area contributed by atoms with Crippen LogP contribution in [0.2, 0.25) is 0 Å². The molecule has 2 aromatic carbocycles. The molecule has 7 nitrogen and oxygen atoms in total. The smallest absolute Gasteiger partial charge is 0.255 e. The van der Waals surface area contributed by atoms with E-state index < -0.39 is 62.0 Å². The lowest BCUT2D eigenvalue weighted by Crippen LogP contribution is -2.38. The lowest BCUT2D eigenvalue weighted by Gasteiger charge is -2.25. The van der Waals surface area contributed by atoms with Gasteiger partial charge in [-0.15, -0.1) is 0 Å². The number of hydrogen-bond donors (Lipinski definition) is 4. The molecular formula is C20H22F4N2O5S. The number of nitrogens with one attached hydrogen (secondary N) is 2. The molecule has 2 rings (SSSR count). The summed E-state index contributed by atoms with van der Waals surface area (Å²) in [6.45, 7) is 0.867. The molecule has 12 heteroatoms.